The summed E-state index contributed by atoms with van der Waals surface area (Å²) in [6, 6.07) is 6.55. The van der Waals surface area contributed by atoms with Crippen LogP contribution in [0.3, 0.4) is 0 Å². The number of thioether (sulfide) groups is 1. The fourth-order valence-electron chi connectivity index (χ4n) is 3.13. The third kappa shape index (κ3) is 3.53. The average molecular weight is 361 g/mol. The molecule has 1 aliphatic carbocycles. The lowest BCUT2D eigenvalue weighted by molar-refractivity contribution is -0.140. The molecule has 0 radical (unpaired) electrons. The monoisotopic (exact) mass is 361 g/mol. The van der Waals surface area contributed by atoms with Gasteiger partial charge in [-0.1, -0.05) is 31.7 Å². The zero-order valence-electron chi connectivity index (χ0n) is 13.9. The number of hydrogen-bond donors (Lipinski definition) is 3. The van der Waals surface area contributed by atoms with E-state index in [-0.39, 0.29) is 11.8 Å². The third-order valence-corrected chi connectivity index (χ3v) is 5.47. The molecule has 25 heavy (non-hydrogen) atoms. The van der Waals surface area contributed by atoms with Gasteiger partial charge in [-0.3, -0.25) is 19.4 Å². The number of carbonyl (C=O) groups excluding carboxylic acids is 2. The molecular formula is C17H19N3O4S. The van der Waals surface area contributed by atoms with E-state index in [0.717, 1.165) is 5.75 Å². The van der Waals surface area contributed by atoms with Gasteiger partial charge in [-0.15, -0.1) is 0 Å². The van der Waals surface area contributed by atoms with Gasteiger partial charge in [-0.2, -0.15) is 0 Å². The van der Waals surface area contributed by atoms with Gasteiger partial charge in [-0.25, -0.2) is 0 Å². The smallest absolute Gasteiger partial charge is 0.307 e. The van der Waals surface area contributed by atoms with Crippen LogP contribution in [-0.2, 0) is 9.59 Å². The highest BCUT2D eigenvalue weighted by atomic mass is 32.2. The molecule has 0 spiro atoms. The van der Waals surface area contributed by atoms with Crippen molar-refractivity contribution in [3.63, 3.8) is 0 Å². The Hall–Kier alpha value is -2.35. The predicted octanol–water partition coefficient (Wildman–Crippen LogP) is 1.81. The van der Waals surface area contributed by atoms with E-state index in [0.29, 0.717) is 23.0 Å². The third-order valence-electron chi connectivity index (χ3n) is 4.57. The molecule has 3 N–H and O–H groups in total. The molecule has 7 nitrogen and oxygen atoms in total. The second-order valence-corrected chi connectivity index (χ2v) is 7.76. The van der Waals surface area contributed by atoms with Crippen molar-refractivity contribution in [1.29, 1.82) is 0 Å². The van der Waals surface area contributed by atoms with Crippen LogP contribution in [0, 0.1) is 17.3 Å². The summed E-state index contributed by atoms with van der Waals surface area (Å²) in [6.07, 6.45) is 0. The Kier molecular flexibility index (Phi) is 4.55. The molecule has 1 aliphatic heterocycles. The normalized spacial score (nSPS) is 23.5. The maximum atomic E-state index is 12.4. The first-order chi connectivity index (χ1) is 11.8. The van der Waals surface area contributed by atoms with Crippen LogP contribution < -0.4 is 10.6 Å². The Morgan fingerprint density at radius 2 is 2.00 bits per heavy atom. The van der Waals surface area contributed by atoms with E-state index in [1.807, 2.05) is 0 Å². The summed E-state index contributed by atoms with van der Waals surface area (Å²) in [5.41, 5.74) is 0.297. The minimum Gasteiger partial charge on any atom is -0.481 e. The van der Waals surface area contributed by atoms with Crippen molar-refractivity contribution < 1.29 is 19.5 Å². The first-order valence-corrected chi connectivity index (χ1v) is 8.91. The van der Waals surface area contributed by atoms with E-state index in [2.05, 4.69) is 15.6 Å². The van der Waals surface area contributed by atoms with Gasteiger partial charge < -0.3 is 15.7 Å². The molecule has 1 aromatic carbocycles. The van der Waals surface area contributed by atoms with Crippen molar-refractivity contribution in [2.24, 2.45) is 22.2 Å². The molecule has 1 saturated carbocycles. The van der Waals surface area contributed by atoms with Gasteiger partial charge in [0.05, 0.1) is 18.4 Å². The van der Waals surface area contributed by atoms with E-state index in [1.165, 1.54) is 11.8 Å². The van der Waals surface area contributed by atoms with Crippen LogP contribution in [-0.4, -0.2) is 40.4 Å². The summed E-state index contributed by atoms with van der Waals surface area (Å²) < 4.78 is 0. The maximum Gasteiger partial charge on any atom is 0.307 e. The quantitative estimate of drug-likeness (QED) is 0.758. The van der Waals surface area contributed by atoms with Crippen molar-refractivity contribution in [2.75, 3.05) is 17.6 Å². The van der Waals surface area contributed by atoms with Gasteiger partial charge in [0.25, 0.3) is 5.91 Å². The molecule has 1 heterocycles. The number of amides is 2. The number of aliphatic imine (C=N–C) groups is 1. The zero-order chi connectivity index (χ0) is 18.2. The van der Waals surface area contributed by atoms with Crippen LogP contribution in [0.5, 0.6) is 0 Å². The van der Waals surface area contributed by atoms with E-state index < -0.39 is 23.2 Å². The lowest BCUT2D eigenvalue weighted by Gasteiger charge is -2.08. The van der Waals surface area contributed by atoms with Crippen LogP contribution in [0.2, 0.25) is 0 Å². The number of hydrogen-bond acceptors (Lipinski definition) is 5. The van der Waals surface area contributed by atoms with Crippen molar-refractivity contribution >= 4 is 40.4 Å². The molecule has 1 fully saturated rings. The second-order valence-electron chi connectivity index (χ2n) is 6.67. The first kappa shape index (κ1) is 17.5. The van der Waals surface area contributed by atoms with E-state index in [1.54, 1.807) is 38.1 Å². The Labute approximate surface area is 149 Å². The molecule has 2 atom stereocenters. The lowest BCUT2D eigenvalue weighted by Crippen LogP contribution is -2.27. The summed E-state index contributed by atoms with van der Waals surface area (Å²) >= 11 is 1.49. The highest BCUT2D eigenvalue weighted by Gasteiger charge is 2.65. The zero-order valence-corrected chi connectivity index (χ0v) is 14.7. The van der Waals surface area contributed by atoms with Crippen LogP contribution in [0.15, 0.2) is 29.3 Å². The van der Waals surface area contributed by atoms with E-state index in [4.69, 9.17) is 0 Å². The SMILES string of the molecule is CC1(C)[C@H](C(=O)O)[C@@H]1C(=O)Nc1cccc(C(=O)NC2=NCCS2)c1. The standard InChI is InChI=1S/C17H19N3O4S/c1-17(2)11(12(17)15(23)24)14(22)19-10-5-3-4-9(8-10)13(21)20-16-18-6-7-25-16/h3-5,8,11-12H,6-7H2,1-2H3,(H,19,22)(H,23,24)(H,18,20,21)/t11-,12+/m1/s1. The summed E-state index contributed by atoms with van der Waals surface area (Å²) in [5.74, 6) is -2.01. The molecule has 0 saturated heterocycles. The van der Waals surface area contributed by atoms with E-state index >= 15 is 0 Å². The van der Waals surface area contributed by atoms with Crippen LogP contribution in [0.1, 0.15) is 24.2 Å². The topological polar surface area (TPSA) is 108 Å². The number of benzene rings is 1. The summed E-state index contributed by atoms with van der Waals surface area (Å²) in [5, 5.41) is 15.2. The number of rotatable bonds is 4. The summed E-state index contributed by atoms with van der Waals surface area (Å²) in [4.78, 5) is 40.0. The Balaban J connectivity index is 1.67. The molecule has 2 amide bonds. The minimum absolute atomic E-state index is 0.292. The fraction of sp³-hybridized carbons (Fsp3) is 0.412. The van der Waals surface area contributed by atoms with Crippen molar-refractivity contribution in [1.82, 2.24) is 5.32 Å². The molecule has 0 unspecified atom stereocenters. The molecule has 1 aromatic rings. The fourth-order valence-corrected chi connectivity index (χ4v) is 3.85. The molecule has 3 rings (SSSR count). The van der Waals surface area contributed by atoms with E-state index in [9.17, 15) is 19.5 Å². The maximum absolute atomic E-state index is 12.4. The average Bonchev–Trinajstić information content (AvgIpc) is 2.88. The molecule has 0 bridgehead atoms. The molecule has 0 aromatic heterocycles. The second kappa shape index (κ2) is 6.51. The number of carbonyl (C=O) groups is 3. The number of carboxylic acid groups (broad SMARTS) is 1. The molecule has 132 valence electrons. The number of anilines is 1. The van der Waals surface area contributed by atoms with Crippen molar-refractivity contribution in [3.8, 4) is 0 Å². The minimum atomic E-state index is -0.965. The van der Waals surface area contributed by atoms with Gasteiger partial charge in [-0.05, 0) is 23.6 Å². The van der Waals surface area contributed by atoms with Gasteiger partial charge in [0.1, 0.15) is 0 Å². The van der Waals surface area contributed by atoms with Crippen LogP contribution >= 0.6 is 11.8 Å². The predicted molar refractivity (Wildman–Crippen MR) is 95.7 cm³/mol. The molecule has 2 aliphatic rings. The number of nitrogens with one attached hydrogen (secondary N) is 2. The van der Waals surface area contributed by atoms with Gasteiger partial charge in [0.2, 0.25) is 5.91 Å². The lowest BCUT2D eigenvalue weighted by atomic mass is 10.1. The van der Waals surface area contributed by atoms with Crippen LogP contribution in [0.25, 0.3) is 0 Å². The molecular weight excluding hydrogens is 342 g/mol. The van der Waals surface area contributed by atoms with Crippen molar-refractivity contribution in [2.45, 2.75) is 13.8 Å². The molecule has 8 heteroatoms. The Morgan fingerprint density at radius 1 is 1.24 bits per heavy atom. The van der Waals surface area contributed by atoms with Crippen molar-refractivity contribution in [3.05, 3.63) is 29.8 Å². The number of carboxylic acids is 1. The summed E-state index contributed by atoms with van der Waals surface area (Å²) in [6.45, 7) is 4.22. The summed E-state index contributed by atoms with van der Waals surface area (Å²) in [7, 11) is 0. The Morgan fingerprint density at radius 3 is 2.60 bits per heavy atom. The Bertz CT molecular complexity index is 775. The van der Waals surface area contributed by atoms with Gasteiger partial charge >= 0.3 is 5.97 Å². The van der Waals surface area contributed by atoms with Crippen LogP contribution in [0.4, 0.5) is 5.69 Å². The largest absolute Gasteiger partial charge is 0.481 e. The highest BCUT2D eigenvalue weighted by molar-refractivity contribution is 8.14. The van der Waals surface area contributed by atoms with Gasteiger partial charge in [0.15, 0.2) is 5.17 Å². The number of aliphatic carboxylic acids is 1. The highest BCUT2D eigenvalue weighted by Crippen LogP contribution is 2.58. The number of amidine groups is 1. The number of nitrogens with zero attached hydrogens (tertiary/aromatic N) is 1. The first-order valence-electron chi connectivity index (χ1n) is 7.93. The van der Waals surface area contributed by atoms with Gasteiger partial charge in [0, 0.05) is 17.0 Å².